The number of rotatable bonds is 6. The third-order valence-electron chi connectivity index (χ3n) is 3.20. The third kappa shape index (κ3) is 4.23. The van der Waals surface area contributed by atoms with Gasteiger partial charge in [-0.25, -0.2) is 4.79 Å². The van der Waals surface area contributed by atoms with E-state index in [1.54, 1.807) is 31.2 Å². The zero-order valence-corrected chi connectivity index (χ0v) is 12.6. The van der Waals surface area contributed by atoms with E-state index in [1.165, 1.54) is 0 Å². The molecular weight excluding hydrogens is 278 g/mol. The van der Waals surface area contributed by atoms with E-state index in [2.05, 4.69) is 5.32 Å². The molecule has 2 unspecified atom stereocenters. The first-order valence-corrected chi connectivity index (χ1v) is 7.03. The van der Waals surface area contributed by atoms with E-state index in [9.17, 15) is 9.59 Å². The van der Waals surface area contributed by atoms with Crippen LogP contribution in [0.4, 0.5) is 0 Å². The molecule has 2 atom stereocenters. The fourth-order valence-electron chi connectivity index (χ4n) is 2.11. The summed E-state index contributed by atoms with van der Waals surface area (Å²) in [6.45, 7) is 5.59. The van der Waals surface area contributed by atoms with Crippen molar-refractivity contribution in [1.29, 1.82) is 0 Å². The normalized spacial score (nSPS) is 13.8. The SMILES string of the molecule is CCC(NC(=O)C(c1ccc(Cl)cc1)C(C)C)C(=O)O. The highest BCUT2D eigenvalue weighted by molar-refractivity contribution is 6.30. The number of benzene rings is 1. The van der Waals surface area contributed by atoms with Gasteiger partial charge in [0, 0.05) is 5.02 Å². The lowest BCUT2D eigenvalue weighted by molar-refractivity contribution is -0.142. The summed E-state index contributed by atoms with van der Waals surface area (Å²) in [5, 5.41) is 12.2. The predicted molar refractivity (Wildman–Crippen MR) is 78.9 cm³/mol. The summed E-state index contributed by atoms with van der Waals surface area (Å²) in [4.78, 5) is 23.3. The number of hydrogen-bond donors (Lipinski definition) is 2. The molecule has 2 N–H and O–H groups in total. The van der Waals surface area contributed by atoms with Crippen LogP contribution in [0.3, 0.4) is 0 Å². The maximum atomic E-state index is 12.3. The lowest BCUT2D eigenvalue weighted by atomic mass is 9.87. The van der Waals surface area contributed by atoms with Gasteiger partial charge in [0.1, 0.15) is 6.04 Å². The molecule has 1 aromatic rings. The minimum absolute atomic E-state index is 0.0578. The molecule has 0 fully saturated rings. The minimum atomic E-state index is -1.01. The van der Waals surface area contributed by atoms with Gasteiger partial charge in [-0.3, -0.25) is 4.79 Å². The van der Waals surface area contributed by atoms with E-state index < -0.39 is 12.0 Å². The van der Waals surface area contributed by atoms with E-state index in [0.29, 0.717) is 11.4 Å². The smallest absolute Gasteiger partial charge is 0.326 e. The molecule has 0 aromatic heterocycles. The summed E-state index contributed by atoms with van der Waals surface area (Å²) in [6, 6.07) is 6.21. The van der Waals surface area contributed by atoms with E-state index >= 15 is 0 Å². The Kier molecular flexibility index (Phi) is 6.02. The molecule has 20 heavy (non-hydrogen) atoms. The summed E-state index contributed by atoms with van der Waals surface area (Å²) in [5.74, 6) is -1.61. The number of nitrogens with one attached hydrogen (secondary N) is 1. The van der Waals surface area contributed by atoms with Crippen molar-refractivity contribution in [1.82, 2.24) is 5.32 Å². The molecule has 4 nitrogen and oxygen atoms in total. The van der Waals surface area contributed by atoms with E-state index in [1.807, 2.05) is 13.8 Å². The first-order chi connectivity index (χ1) is 9.36. The first-order valence-electron chi connectivity index (χ1n) is 6.65. The van der Waals surface area contributed by atoms with Crippen LogP contribution < -0.4 is 5.32 Å². The van der Waals surface area contributed by atoms with Crippen LogP contribution >= 0.6 is 11.6 Å². The van der Waals surface area contributed by atoms with Gasteiger partial charge in [-0.1, -0.05) is 44.5 Å². The Hall–Kier alpha value is -1.55. The van der Waals surface area contributed by atoms with Gasteiger partial charge in [0.25, 0.3) is 0 Å². The summed E-state index contributed by atoms with van der Waals surface area (Å²) in [5.41, 5.74) is 0.835. The molecule has 1 rings (SSSR count). The molecule has 0 spiro atoms. The molecule has 0 saturated carbocycles. The Labute approximate surface area is 124 Å². The highest BCUT2D eigenvalue weighted by Gasteiger charge is 2.27. The molecule has 0 heterocycles. The molecule has 1 aromatic carbocycles. The topological polar surface area (TPSA) is 66.4 Å². The number of aliphatic carboxylic acids is 1. The van der Waals surface area contributed by atoms with Crippen LogP contribution in [0.15, 0.2) is 24.3 Å². The molecule has 110 valence electrons. The Bertz CT molecular complexity index is 471. The fraction of sp³-hybridized carbons (Fsp3) is 0.467. The largest absolute Gasteiger partial charge is 0.480 e. The van der Waals surface area contributed by atoms with Gasteiger partial charge in [0.2, 0.25) is 5.91 Å². The fourth-order valence-corrected chi connectivity index (χ4v) is 2.24. The van der Waals surface area contributed by atoms with Crippen LogP contribution in [-0.4, -0.2) is 23.0 Å². The zero-order valence-electron chi connectivity index (χ0n) is 11.9. The highest BCUT2D eigenvalue weighted by atomic mass is 35.5. The Morgan fingerprint density at radius 1 is 1.25 bits per heavy atom. The second-order valence-electron chi connectivity index (χ2n) is 5.08. The van der Waals surface area contributed by atoms with Gasteiger partial charge >= 0.3 is 5.97 Å². The predicted octanol–water partition coefficient (Wildman–Crippen LogP) is 3.06. The second kappa shape index (κ2) is 7.29. The summed E-state index contributed by atoms with van der Waals surface area (Å²) in [7, 11) is 0. The Morgan fingerprint density at radius 2 is 1.80 bits per heavy atom. The van der Waals surface area contributed by atoms with Crippen molar-refractivity contribution >= 4 is 23.5 Å². The Morgan fingerprint density at radius 3 is 2.20 bits per heavy atom. The van der Waals surface area contributed by atoms with Crippen molar-refractivity contribution in [3.05, 3.63) is 34.9 Å². The van der Waals surface area contributed by atoms with Gasteiger partial charge in [-0.05, 0) is 30.0 Å². The number of carboxylic acid groups (broad SMARTS) is 1. The van der Waals surface area contributed by atoms with Crippen LogP contribution in [0.25, 0.3) is 0 Å². The molecule has 0 aliphatic rings. The lowest BCUT2D eigenvalue weighted by Crippen LogP contribution is -2.43. The van der Waals surface area contributed by atoms with Crippen LogP contribution in [0.1, 0.15) is 38.7 Å². The summed E-state index contributed by atoms with van der Waals surface area (Å²) in [6.07, 6.45) is 0.354. The van der Waals surface area contributed by atoms with Gasteiger partial charge < -0.3 is 10.4 Å². The van der Waals surface area contributed by atoms with Crippen LogP contribution in [-0.2, 0) is 9.59 Å². The molecule has 0 aliphatic heterocycles. The maximum absolute atomic E-state index is 12.3. The molecular formula is C15H20ClNO3. The summed E-state index contributed by atoms with van der Waals surface area (Å²) >= 11 is 5.85. The van der Waals surface area contributed by atoms with Gasteiger partial charge in [0.05, 0.1) is 5.92 Å². The zero-order chi connectivity index (χ0) is 15.3. The Balaban J connectivity index is 2.93. The number of carbonyl (C=O) groups is 2. The quantitative estimate of drug-likeness (QED) is 0.848. The molecule has 1 amide bonds. The van der Waals surface area contributed by atoms with Crippen molar-refractivity contribution in [3.63, 3.8) is 0 Å². The van der Waals surface area contributed by atoms with Crippen molar-refractivity contribution in [3.8, 4) is 0 Å². The van der Waals surface area contributed by atoms with Crippen molar-refractivity contribution < 1.29 is 14.7 Å². The lowest BCUT2D eigenvalue weighted by Gasteiger charge is -2.23. The molecule has 0 bridgehead atoms. The second-order valence-corrected chi connectivity index (χ2v) is 5.52. The summed E-state index contributed by atoms with van der Waals surface area (Å²) < 4.78 is 0. The van der Waals surface area contributed by atoms with E-state index in [0.717, 1.165) is 5.56 Å². The van der Waals surface area contributed by atoms with Crippen molar-refractivity contribution in [2.75, 3.05) is 0 Å². The molecule has 0 saturated heterocycles. The average molecular weight is 298 g/mol. The van der Waals surface area contributed by atoms with Crippen LogP contribution in [0.5, 0.6) is 0 Å². The number of carboxylic acids is 1. The van der Waals surface area contributed by atoms with Crippen molar-refractivity contribution in [2.45, 2.75) is 39.2 Å². The molecule has 0 aliphatic carbocycles. The average Bonchev–Trinajstić information content (AvgIpc) is 2.37. The van der Waals surface area contributed by atoms with Gasteiger partial charge in [0.15, 0.2) is 0 Å². The number of halogens is 1. The van der Waals surface area contributed by atoms with Crippen molar-refractivity contribution in [2.24, 2.45) is 5.92 Å². The van der Waals surface area contributed by atoms with Gasteiger partial charge in [-0.2, -0.15) is 0 Å². The third-order valence-corrected chi connectivity index (χ3v) is 3.45. The minimum Gasteiger partial charge on any atom is -0.480 e. The first kappa shape index (κ1) is 16.5. The maximum Gasteiger partial charge on any atom is 0.326 e. The van der Waals surface area contributed by atoms with E-state index in [-0.39, 0.29) is 17.7 Å². The molecule has 0 radical (unpaired) electrons. The molecule has 5 heteroatoms. The number of hydrogen-bond acceptors (Lipinski definition) is 2. The van der Waals surface area contributed by atoms with Gasteiger partial charge in [-0.15, -0.1) is 0 Å². The monoisotopic (exact) mass is 297 g/mol. The highest BCUT2D eigenvalue weighted by Crippen LogP contribution is 2.26. The number of amides is 1. The van der Waals surface area contributed by atoms with E-state index in [4.69, 9.17) is 16.7 Å². The standard InChI is InChI=1S/C15H20ClNO3/c1-4-12(15(19)20)17-14(18)13(9(2)3)10-5-7-11(16)8-6-10/h5-9,12-13H,4H2,1-3H3,(H,17,18)(H,19,20). The number of carbonyl (C=O) groups excluding carboxylic acids is 1. The van der Waals surface area contributed by atoms with Crippen LogP contribution in [0.2, 0.25) is 5.02 Å². The van der Waals surface area contributed by atoms with Crippen LogP contribution in [0, 0.1) is 5.92 Å².